The Hall–Kier alpha value is -7.08. The highest BCUT2D eigenvalue weighted by Crippen LogP contribution is 2.23. The second-order valence-corrected chi connectivity index (χ2v) is 20.0. The number of primary amides is 1. The fraction of sp³-hybridized carbons (Fsp3) is 0.458. The van der Waals surface area contributed by atoms with Crippen molar-refractivity contribution in [2.45, 2.75) is 88.9 Å². The van der Waals surface area contributed by atoms with E-state index in [0.29, 0.717) is 54.1 Å². The molecule has 4 aromatic rings. The molecule has 1 aliphatic rings. The summed E-state index contributed by atoms with van der Waals surface area (Å²) in [5.74, 6) is -4.11. The largest absolute Gasteiger partial charge is 0.370 e. The molecule has 0 radical (unpaired) electrons. The zero-order valence-corrected chi connectivity index (χ0v) is 42.0. The number of rotatable bonds is 18. The van der Waals surface area contributed by atoms with Gasteiger partial charge in [0.1, 0.15) is 24.2 Å². The van der Waals surface area contributed by atoms with Crippen molar-refractivity contribution in [3.8, 4) is 0 Å². The summed E-state index contributed by atoms with van der Waals surface area (Å²) in [4.78, 5) is 127. The maximum atomic E-state index is 14.7. The topological polar surface area (TPSA) is 338 Å². The molecule has 3 heterocycles. The summed E-state index contributed by atoms with van der Waals surface area (Å²) in [6.45, 7) is 1.38. The molecule has 72 heavy (non-hydrogen) atoms. The first-order valence-electron chi connectivity index (χ1n) is 23.8. The van der Waals surface area contributed by atoms with E-state index in [-0.39, 0.29) is 82.5 Å². The molecule has 2 aromatic carbocycles. The van der Waals surface area contributed by atoms with Gasteiger partial charge < -0.3 is 63.6 Å². The Kier molecular flexibility index (Phi) is 22.7. The number of nitrogens with one attached hydrogen (secondary N) is 7. The lowest BCUT2D eigenvalue weighted by Gasteiger charge is -2.29. The lowest BCUT2D eigenvalue weighted by Crippen LogP contribution is -2.60. The van der Waals surface area contributed by atoms with Gasteiger partial charge in [0, 0.05) is 99.3 Å². The van der Waals surface area contributed by atoms with Gasteiger partial charge >= 0.3 is 0 Å². The van der Waals surface area contributed by atoms with Crippen molar-refractivity contribution in [3.63, 3.8) is 0 Å². The van der Waals surface area contributed by atoms with Crippen LogP contribution in [0.25, 0.3) is 10.9 Å². The van der Waals surface area contributed by atoms with Crippen molar-refractivity contribution in [3.05, 3.63) is 90.1 Å². The Morgan fingerprint density at radius 2 is 1.44 bits per heavy atom. The van der Waals surface area contributed by atoms with Gasteiger partial charge in [0.2, 0.25) is 47.3 Å². The molecule has 22 nitrogen and oxygen atoms in total. The number of benzene rings is 2. The molecule has 1 saturated heterocycles. The van der Waals surface area contributed by atoms with Gasteiger partial charge in [-0.3, -0.25) is 43.3 Å². The number of nitrogens with zero attached hydrogens (tertiary/aromatic N) is 4. The van der Waals surface area contributed by atoms with Crippen LogP contribution in [-0.2, 0) is 57.6 Å². The van der Waals surface area contributed by atoms with E-state index in [2.05, 4.69) is 46.5 Å². The zero-order chi connectivity index (χ0) is 51.8. The van der Waals surface area contributed by atoms with Crippen LogP contribution in [0.2, 0.25) is 0 Å². The summed E-state index contributed by atoms with van der Waals surface area (Å²) >= 11 is 0. The molecular formula is C48H66N14O8S2. The van der Waals surface area contributed by atoms with Crippen molar-refractivity contribution in [1.82, 2.24) is 51.3 Å². The molecule has 0 bridgehead atoms. The second-order valence-electron chi connectivity index (χ2n) is 17.3. The molecule has 0 spiro atoms. The number of fused-ring (bicyclic) bond motifs is 1. The van der Waals surface area contributed by atoms with E-state index in [1.165, 1.54) is 50.8 Å². The summed E-state index contributed by atoms with van der Waals surface area (Å²) in [6, 6.07) is 11.2. The normalized spacial score (nSPS) is 19.2. The number of para-hydroxylation sites is 1. The van der Waals surface area contributed by atoms with Gasteiger partial charge in [-0.1, -0.05) is 76.5 Å². The minimum atomic E-state index is -1.31. The van der Waals surface area contributed by atoms with Crippen LogP contribution in [0.15, 0.2) is 78.3 Å². The van der Waals surface area contributed by atoms with E-state index < -0.39 is 66.2 Å². The number of carbonyl (C=O) groups excluding carboxylic acids is 8. The van der Waals surface area contributed by atoms with E-state index in [4.69, 9.17) is 17.2 Å². The van der Waals surface area contributed by atoms with Crippen molar-refractivity contribution in [2.75, 3.05) is 50.8 Å². The molecule has 8 amide bonds. The smallest absolute Gasteiger partial charge is 0.245 e. The zero-order valence-electron chi connectivity index (χ0n) is 40.4. The molecule has 4 atom stereocenters. The van der Waals surface area contributed by atoms with Crippen LogP contribution in [0.3, 0.4) is 0 Å². The quantitative estimate of drug-likeness (QED) is 0.0275. The molecule has 0 saturated carbocycles. The third-order valence-corrected chi connectivity index (χ3v) is 14.0. The van der Waals surface area contributed by atoms with Gasteiger partial charge in [-0.25, -0.2) is 4.98 Å². The second kappa shape index (κ2) is 29.3. The number of aromatic nitrogens is 3. The average Bonchev–Trinajstić information content (AvgIpc) is 4.02. The Bertz CT molecular complexity index is 2470. The lowest BCUT2D eigenvalue weighted by molar-refractivity contribution is -0.139. The number of amides is 8. The maximum Gasteiger partial charge on any atom is 0.245 e. The van der Waals surface area contributed by atoms with Gasteiger partial charge in [-0.15, -0.1) is 0 Å². The Morgan fingerprint density at radius 1 is 0.764 bits per heavy atom. The molecule has 2 aromatic heterocycles. The molecule has 1 fully saturated rings. The molecule has 1 aliphatic heterocycles. The van der Waals surface area contributed by atoms with E-state index in [1.54, 1.807) is 36.5 Å². The highest BCUT2D eigenvalue weighted by molar-refractivity contribution is 8.76. The molecule has 24 heteroatoms. The summed E-state index contributed by atoms with van der Waals surface area (Å²) in [5, 5.41) is 14.9. The van der Waals surface area contributed by atoms with Crippen LogP contribution in [0.5, 0.6) is 0 Å². The van der Waals surface area contributed by atoms with Crippen molar-refractivity contribution >= 4 is 85.7 Å². The summed E-state index contributed by atoms with van der Waals surface area (Å²) < 4.78 is 0. The van der Waals surface area contributed by atoms with Crippen LogP contribution in [0.1, 0.15) is 62.3 Å². The average molecular weight is 1030 g/mol. The number of aliphatic imine (C=N–C) groups is 1. The van der Waals surface area contributed by atoms with Crippen molar-refractivity contribution in [2.24, 2.45) is 22.2 Å². The first-order valence-corrected chi connectivity index (χ1v) is 26.3. The van der Waals surface area contributed by atoms with Gasteiger partial charge in [-0.2, -0.15) is 0 Å². The number of carbonyl (C=O) groups is 8. The summed E-state index contributed by atoms with van der Waals surface area (Å²) in [7, 11) is 2.77. The number of aromatic amines is 2. The minimum absolute atomic E-state index is 0.00197. The number of hydrogen-bond acceptors (Lipinski definition) is 12. The van der Waals surface area contributed by atoms with E-state index >= 15 is 0 Å². The van der Waals surface area contributed by atoms with Crippen molar-refractivity contribution in [1.29, 1.82) is 0 Å². The van der Waals surface area contributed by atoms with Gasteiger partial charge in [0.25, 0.3) is 0 Å². The lowest BCUT2D eigenvalue weighted by atomic mass is 10.0. The number of nitrogens with two attached hydrogens (primary N) is 3. The number of hydrogen-bond donors (Lipinski definition) is 10. The van der Waals surface area contributed by atoms with Crippen molar-refractivity contribution < 1.29 is 38.4 Å². The first-order chi connectivity index (χ1) is 34.7. The highest BCUT2D eigenvalue weighted by Gasteiger charge is 2.34. The third-order valence-electron chi connectivity index (χ3n) is 11.6. The van der Waals surface area contributed by atoms with E-state index in [0.717, 1.165) is 10.9 Å². The molecule has 0 unspecified atom stereocenters. The summed E-state index contributed by atoms with van der Waals surface area (Å²) in [5.41, 5.74) is 19.6. The van der Waals surface area contributed by atoms with Gasteiger partial charge in [0.05, 0.1) is 19.4 Å². The standard InChI is InChI=1S/C48H66N14O8S2/c1-31(63)53-17-9-3-6-16-43(66)61-19-21-71-72-22-20-62(28-41(49)64)47(70)40(24-33-26-55-36-14-8-7-13-35(33)36)60-44(67)37(15-10-18-54-48(50)51)58-45(68)38(23-32-11-4-2-5-12-32)59-46(69)39(57-42(65)29-61)25-34-27-52-30-56-34/h2,4-5,7-8,11-14,26-27,30,37-40,55H,3,6,9-10,15-25,28-29H2,1H3,(H2,49,64)(H,52,56)(H,53,63)(H,57,65)(H,58,68)(H,59,69)(H,60,67)(H4,50,51,54)/t37-,38+,39-,40-/m0/s1. The van der Waals surface area contributed by atoms with Gasteiger partial charge in [0.15, 0.2) is 5.96 Å². The predicted molar refractivity (Wildman–Crippen MR) is 276 cm³/mol. The monoisotopic (exact) mass is 1030 g/mol. The number of H-pyrrole nitrogens is 2. The molecule has 388 valence electrons. The van der Waals surface area contributed by atoms with Gasteiger partial charge in [-0.05, 0) is 42.9 Å². The number of imidazole rings is 1. The molecule has 13 N–H and O–H groups in total. The number of unbranched alkanes of at least 4 members (excludes halogenated alkanes) is 2. The molecule has 0 aliphatic carbocycles. The fourth-order valence-corrected chi connectivity index (χ4v) is 9.97. The number of guanidine groups is 1. The first kappa shape index (κ1) is 55.8. The Labute approximate surface area is 425 Å². The van der Waals surface area contributed by atoms with Crippen LogP contribution < -0.4 is 43.8 Å². The SMILES string of the molecule is CC(=O)NCCCCCC(=O)N1CCSSCCN(CC(N)=O)C(=O)[C@H](Cc2c[nH]c3ccccc23)NC(=O)[C@H](CCCN=C(N)N)NC(=O)[C@@H](Cc2ccccc2)NC(=O)[C@H](Cc2cnc[nH]2)NC(=O)C1. The highest BCUT2D eigenvalue weighted by atomic mass is 33.1. The maximum absolute atomic E-state index is 14.7. The Morgan fingerprint density at radius 3 is 2.15 bits per heavy atom. The van der Waals surface area contributed by atoms with Crippen LogP contribution >= 0.6 is 21.6 Å². The molecule has 5 rings (SSSR count). The van der Waals surface area contributed by atoms with E-state index in [1.807, 2.05) is 24.3 Å². The fourth-order valence-electron chi connectivity index (χ4n) is 7.99. The van der Waals surface area contributed by atoms with Crippen LogP contribution in [0.4, 0.5) is 0 Å². The predicted octanol–water partition coefficient (Wildman–Crippen LogP) is 0.146. The third kappa shape index (κ3) is 18.9. The Balaban J connectivity index is 1.51. The van der Waals surface area contributed by atoms with Crippen LogP contribution in [0, 0.1) is 0 Å². The molecular weight excluding hydrogens is 965 g/mol. The van der Waals surface area contributed by atoms with E-state index in [9.17, 15) is 38.4 Å². The summed E-state index contributed by atoms with van der Waals surface area (Å²) in [6.07, 6.45) is 6.76. The van der Waals surface area contributed by atoms with Crippen LogP contribution in [-0.4, -0.2) is 153 Å². The minimum Gasteiger partial charge on any atom is -0.370 e.